The average Bonchev–Trinajstić information content (AvgIpc) is 3.28. The summed E-state index contributed by atoms with van der Waals surface area (Å²) in [5, 5.41) is 3.28. The predicted molar refractivity (Wildman–Crippen MR) is 114 cm³/mol. The summed E-state index contributed by atoms with van der Waals surface area (Å²) in [6.07, 6.45) is 1.51. The van der Waals surface area contributed by atoms with E-state index < -0.39 is 17.0 Å². The van der Waals surface area contributed by atoms with Crippen LogP contribution in [0.15, 0.2) is 80.9 Å². The second-order valence-electron chi connectivity index (χ2n) is 6.75. The number of aromatic nitrogens is 2. The van der Waals surface area contributed by atoms with E-state index in [1.165, 1.54) is 15.4 Å². The number of amides is 1. The van der Waals surface area contributed by atoms with Gasteiger partial charge in [-0.25, -0.2) is 0 Å². The van der Waals surface area contributed by atoms with Crippen LogP contribution < -0.4 is 16.4 Å². The molecule has 0 bridgehead atoms. The Balaban J connectivity index is 1.68. The standard InChI is InChI=1S/C22H18ClN3O4/c23-16-9-7-15(8-10-16)13-25-18-5-1-2-6-19(18)26(22(29)21(25)28)14-20(27)24-12-17-4-3-11-30-17/h1-11H,12-14H2,(H,24,27). The summed E-state index contributed by atoms with van der Waals surface area (Å²) in [6.45, 7) is 0.153. The molecule has 0 radical (unpaired) electrons. The van der Waals surface area contributed by atoms with E-state index in [4.69, 9.17) is 16.0 Å². The van der Waals surface area contributed by atoms with Crippen LogP contribution in [-0.4, -0.2) is 15.0 Å². The first-order valence-corrected chi connectivity index (χ1v) is 9.66. The van der Waals surface area contributed by atoms with Crippen molar-refractivity contribution >= 4 is 28.5 Å². The molecule has 0 saturated carbocycles. The van der Waals surface area contributed by atoms with Crippen molar-refractivity contribution < 1.29 is 9.21 Å². The zero-order valence-corrected chi connectivity index (χ0v) is 16.6. The average molecular weight is 424 g/mol. The topological polar surface area (TPSA) is 86.2 Å². The fraction of sp³-hybridized carbons (Fsp3) is 0.136. The fourth-order valence-corrected chi connectivity index (χ4v) is 3.38. The third kappa shape index (κ3) is 4.06. The monoisotopic (exact) mass is 423 g/mol. The number of rotatable bonds is 6. The van der Waals surface area contributed by atoms with E-state index >= 15 is 0 Å². The first-order valence-electron chi connectivity index (χ1n) is 9.29. The van der Waals surface area contributed by atoms with Gasteiger partial charge in [-0.15, -0.1) is 0 Å². The van der Waals surface area contributed by atoms with Crippen molar-refractivity contribution in [2.75, 3.05) is 0 Å². The number of furan rings is 1. The minimum atomic E-state index is -0.754. The SMILES string of the molecule is O=C(Cn1c(=O)c(=O)n(Cc2ccc(Cl)cc2)c2ccccc21)NCc1ccco1. The summed E-state index contributed by atoms with van der Waals surface area (Å²) in [4.78, 5) is 38.1. The van der Waals surface area contributed by atoms with Crippen molar-refractivity contribution in [1.82, 2.24) is 14.5 Å². The molecule has 0 unspecified atom stereocenters. The van der Waals surface area contributed by atoms with E-state index in [2.05, 4.69) is 5.32 Å². The molecule has 0 aliphatic rings. The number of hydrogen-bond acceptors (Lipinski definition) is 4. The van der Waals surface area contributed by atoms with Gasteiger partial charge in [0.1, 0.15) is 12.3 Å². The zero-order chi connectivity index (χ0) is 21.1. The summed E-state index contributed by atoms with van der Waals surface area (Å²) in [5.74, 6) is 0.201. The normalized spacial score (nSPS) is 11.0. The molecule has 4 aromatic rings. The number of nitrogens with one attached hydrogen (secondary N) is 1. The quantitative estimate of drug-likeness (QED) is 0.483. The van der Waals surface area contributed by atoms with Crippen molar-refractivity contribution in [3.8, 4) is 0 Å². The largest absolute Gasteiger partial charge is 0.467 e. The first-order chi connectivity index (χ1) is 14.5. The number of nitrogens with zero attached hydrogens (tertiary/aromatic N) is 2. The Morgan fingerprint density at radius 1 is 0.900 bits per heavy atom. The number of hydrogen-bond donors (Lipinski definition) is 1. The number of fused-ring (bicyclic) bond motifs is 1. The molecule has 0 atom stereocenters. The van der Waals surface area contributed by atoms with E-state index in [0.29, 0.717) is 21.8 Å². The maximum Gasteiger partial charge on any atom is 0.317 e. The maximum atomic E-state index is 12.9. The molecule has 0 aliphatic carbocycles. The van der Waals surface area contributed by atoms with Crippen LogP contribution in [-0.2, 0) is 24.4 Å². The summed E-state index contributed by atoms with van der Waals surface area (Å²) in [6, 6.07) is 17.5. The van der Waals surface area contributed by atoms with Crippen molar-refractivity contribution in [1.29, 1.82) is 0 Å². The Morgan fingerprint density at radius 3 is 2.23 bits per heavy atom. The molecule has 0 saturated heterocycles. The van der Waals surface area contributed by atoms with E-state index in [0.717, 1.165) is 5.56 Å². The summed E-state index contributed by atoms with van der Waals surface area (Å²) in [7, 11) is 0. The second-order valence-corrected chi connectivity index (χ2v) is 7.19. The molecule has 1 N–H and O–H groups in total. The lowest BCUT2D eigenvalue weighted by atomic mass is 10.2. The Hall–Kier alpha value is -3.58. The highest BCUT2D eigenvalue weighted by atomic mass is 35.5. The van der Waals surface area contributed by atoms with E-state index in [1.54, 1.807) is 60.7 Å². The molecule has 4 rings (SSSR count). The highest BCUT2D eigenvalue weighted by Gasteiger charge is 2.15. The molecule has 152 valence electrons. The molecule has 0 spiro atoms. The highest BCUT2D eigenvalue weighted by Crippen LogP contribution is 2.14. The van der Waals surface area contributed by atoms with Gasteiger partial charge in [0.2, 0.25) is 5.91 Å². The van der Waals surface area contributed by atoms with Gasteiger partial charge in [0.25, 0.3) is 0 Å². The van der Waals surface area contributed by atoms with Gasteiger partial charge >= 0.3 is 11.1 Å². The van der Waals surface area contributed by atoms with Gasteiger partial charge in [-0.3, -0.25) is 23.5 Å². The van der Waals surface area contributed by atoms with Gasteiger partial charge in [0.15, 0.2) is 0 Å². The molecular weight excluding hydrogens is 406 g/mol. The highest BCUT2D eigenvalue weighted by molar-refractivity contribution is 6.30. The molecule has 2 heterocycles. The molecule has 30 heavy (non-hydrogen) atoms. The van der Waals surface area contributed by atoms with Gasteiger partial charge in [-0.1, -0.05) is 35.9 Å². The predicted octanol–water partition coefficient (Wildman–Crippen LogP) is 2.77. The summed E-state index contributed by atoms with van der Waals surface area (Å²) in [5.41, 5.74) is 0.457. The number of para-hydroxylation sites is 2. The smallest absolute Gasteiger partial charge is 0.317 e. The maximum absolute atomic E-state index is 12.9. The number of benzene rings is 2. The van der Waals surface area contributed by atoms with Crippen LogP contribution in [0.2, 0.25) is 5.02 Å². The van der Waals surface area contributed by atoms with Crippen molar-refractivity contribution in [3.63, 3.8) is 0 Å². The van der Waals surface area contributed by atoms with Crippen molar-refractivity contribution in [2.45, 2.75) is 19.6 Å². The first kappa shape index (κ1) is 19.7. The number of carbonyl (C=O) groups is 1. The van der Waals surface area contributed by atoms with Crippen LogP contribution in [0.25, 0.3) is 11.0 Å². The zero-order valence-electron chi connectivity index (χ0n) is 15.9. The van der Waals surface area contributed by atoms with Crippen molar-refractivity contribution in [2.24, 2.45) is 0 Å². The molecule has 2 aromatic carbocycles. The third-order valence-electron chi connectivity index (χ3n) is 4.73. The lowest BCUT2D eigenvalue weighted by Gasteiger charge is -2.15. The van der Waals surface area contributed by atoms with E-state index in [-0.39, 0.29) is 19.6 Å². The lowest BCUT2D eigenvalue weighted by molar-refractivity contribution is -0.121. The Morgan fingerprint density at radius 2 is 1.57 bits per heavy atom. The van der Waals surface area contributed by atoms with Gasteiger partial charge < -0.3 is 9.73 Å². The van der Waals surface area contributed by atoms with Crippen molar-refractivity contribution in [3.05, 3.63) is 104 Å². The fourth-order valence-electron chi connectivity index (χ4n) is 3.26. The summed E-state index contributed by atoms with van der Waals surface area (Å²) < 4.78 is 7.80. The number of carbonyl (C=O) groups excluding carboxylic acids is 1. The Labute approximate surface area is 176 Å². The molecule has 1 amide bonds. The molecule has 0 aliphatic heterocycles. The van der Waals surface area contributed by atoms with Crippen LogP contribution in [0.5, 0.6) is 0 Å². The third-order valence-corrected chi connectivity index (χ3v) is 4.98. The molecule has 7 nitrogen and oxygen atoms in total. The van der Waals surface area contributed by atoms with Gasteiger partial charge in [-0.05, 0) is 42.0 Å². The van der Waals surface area contributed by atoms with Gasteiger partial charge in [0, 0.05) is 5.02 Å². The Bertz CT molecular complexity index is 1310. The lowest BCUT2D eigenvalue weighted by Crippen LogP contribution is -2.44. The molecule has 8 heteroatoms. The van der Waals surface area contributed by atoms with Gasteiger partial charge in [0.05, 0.1) is 30.4 Å². The van der Waals surface area contributed by atoms with Crippen LogP contribution >= 0.6 is 11.6 Å². The van der Waals surface area contributed by atoms with Gasteiger partial charge in [-0.2, -0.15) is 0 Å². The van der Waals surface area contributed by atoms with Crippen LogP contribution in [0, 0.1) is 0 Å². The number of halogens is 1. The molecule has 2 aromatic heterocycles. The second kappa shape index (κ2) is 8.42. The summed E-state index contributed by atoms with van der Waals surface area (Å²) >= 11 is 5.93. The van der Waals surface area contributed by atoms with E-state index in [1.807, 2.05) is 0 Å². The minimum absolute atomic E-state index is 0.201. The van der Waals surface area contributed by atoms with E-state index in [9.17, 15) is 14.4 Å². The molecule has 0 fully saturated rings. The Kier molecular flexibility index (Phi) is 5.54. The van der Waals surface area contributed by atoms with Crippen LogP contribution in [0.3, 0.4) is 0 Å². The van der Waals surface area contributed by atoms with Crippen LogP contribution in [0.1, 0.15) is 11.3 Å². The van der Waals surface area contributed by atoms with Crippen LogP contribution in [0.4, 0.5) is 0 Å². The molecular formula is C22H18ClN3O4. The minimum Gasteiger partial charge on any atom is -0.467 e.